The van der Waals surface area contributed by atoms with Crippen LogP contribution in [0.2, 0.25) is 0 Å². The highest BCUT2D eigenvalue weighted by Crippen LogP contribution is 2.42. The van der Waals surface area contributed by atoms with Gasteiger partial charge >= 0.3 is 0 Å². The SMILES string of the molecule is CCCCOC1CC(NC(=NC)NCc2cccc(OCC(N)=O)c2)C1(C)C. The monoisotopic (exact) mass is 390 g/mol. The fourth-order valence-electron chi connectivity index (χ4n) is 3.23. The number of aliphatic imine (C=N–C) groups is 1. The molecule has 0 saturated heterocycles. The first-order valence-corrected chi connectivity index (χ1v) is 9.95. The number of hydrogen-bond acceptors (Lipinski definition) is 4. The predicted octanol–water partition coefficient (Wildman–Crippen LogP) is 2.20. The van der Waals surface area contributed by atoms with Crippen molar-refractivity contribution in [3.8, 4) is 5.75 Å². The van der Waals surface area contributed by atoms with E-state index in [2.05, 4.69) is 36.4 Å². The summed E-state index contributed by atoms with van der Waals surface area (Å²) in [6.45, 7) is 7.94. The van der Waals surface area contributed by atoms with E-state index in [1.54, 1.807) is 13.1 Å². The minimum absolute atomic E-state index is 0.0634. The molecule has 2 atom stereocenters. The molecular weight excluding hydrogens is 356 g/mol. The first-order valence-electron chi connectivity index (χ1n) is 9.95. The van der Waals surface area contributed by atoms with Gasteiger partial charge in [0, 0.05) is 31.7 Å². The van der Waals surface area contributed by atoms with Crippen LogP contribution < -0.4 is 21.1 Å². The number of carbonyl (C=O) groups is 1. The van der Waals surface area contributed by atoms with Crippen LogP contribution >= 0.6 is 0 Å². The van der Waals surface area contributed by atoms with E-state index in [0.29, 0.717) is 18.3 Å². The molecule has 0 radical (unpaired) electrons. The van der Waals surface area contributed by atoms with Gasteiger partial charge < -0.3 is 25.8 Å². The van der Waals surface area contributed by atoms with Gasteiger partial charge in [-0.15, -0.1) is 0 Å². The number of nitrogens with zero attached hydrogens (tertiary/aromatic N) is 1. The number of ether oxygens (including phenoxy) is 2. The van der Waals surface area contributed by atoms with Crippen molar-refractivity contribution >= 4 is 11.9 Å². The van der Waals surface area contributed by atoms with E-state index in [1.165, 1.54) is 0 Å². The molecule has 2 unspecified atom stereocenters. The highest BCUT2D eigenvalue weighted by atomic mass is 16.5. The number of amides is 1. The van der Waals surface area contributed by atoms with Crippen LogP contribution in [0.4, 0.5) is 0 Å². The first kappa shape index (κ1) is 22.0. The minimum Gasteiger partial charge on any atom is -0.484 e. The lowest BCUT2D eigenvalue weighted by atomic mass is 9.64. The second-order valence-corrected chi connectivity index (χ2v) is 7.80. The van der Waals surface area contributed by atoms with E-state index in [-0.39, 0.29) is 18.1 Å². The van der Waals surface area contributed by atoms with Crippen LogP contribution in [0, 0.1) is 5.41 Å². The van der Waals surface area contributed by atoms with Crippen LogP contribution in [0.25, 0.3) is 0 Å². The molecule has 1 aliphatic rings. The fourth-order valence-corrected chi connectivity index (χ4v) is 3.23. The normalized spacial score (nSPS) is 20.9. The van der Waals surface area contributed by atoms with Gasteiger partial charge in [0.25, 0.3) is 5.91 Å². The zero-order chi connectivity index (χ0) is 20.6. The molecule has 7 nitrogen and oxygen atoms in total. The summed E-state index contributed by atoms with van der Waals surface area (Å²) in [6.07, 6.45) is 3.53. The molecule has 7 heteroatoms. The van der Waals surface area contributed by atoms with E-state index in [0.717, 1.165) is 37.4 Å². The van der Waals surface area contributed by atoms with Crippen molar-refractivity contribution in [1.29, 1.82) is 0 Å². The number of carbonyl (C=O) groups excluding carboxylic acids is 1. The van der Waals surface area contributed by atoms with Crippen molar-refractivity contribution < 1.29 is 14.3 Å². The van der Waals surface area contributed by atoms with Gasteiger partial charge in [0.2, 0.25) is 0 Å². The average Bonchev–Trinajstić information content (AvgIpc) is 2.67. The quantitative estimate of drug-likeness (QED) is 0.323. The minimum atomic E-state index is -0.492. The summed E-state index contributed by atoms with van der Waals surface area (Å²) >= 11 is 0. The summed E-state index contributed by atoms with van der Waals surface area (Å²) < 4.78 is 11.4. The van der Waals surface area contributed by atoms with Gasteiger partial charge in [-0.3, -0.25) is 9.79 Å². The molecule has 1 aliphatic carbocycles. The Morgan fingerprint density at radius 3 is 2.82 bits per heavy atom. The lowest BCUT2D eigenvalue weighted by Crippen LogP contribution is -2.63. The Hall–Kier alpha value is -2.28. The number of benzene rings is 1. The number of guanidine groups is 1. The molecule has 1 saturated carbocycles. The number of rotatable bonds is 10. The third-order valence-electron chi connectivity index (χ3n) is 5.27. The van der Waals surface area contributed by atoms with Crippen LogP contribution in [0.3, 0.4) is 0 Å². The molecule has 0 heterocycles. The third-order valence-corrected chi connectivity index (χ3v) is 5.27. The van der Waals surface area contributed by atoms with E-state index in [1.807, 2.05) is 18.2 Å². The average molecular weight is 391 g/mol. The van der Waals surface area contributed by atoms with Crippen LogP contribution in [-0.2, 0) is 16.1 Å². The van der Waals surface area contributed by atoms with Gasteiger partial charge in [-0.2, -0.15) is 0 Å². The third kappa shape index (κ3) is 6.12. The molecule has 2 rings (SSSR count). The molecule has 156 valence electrons. The maximum absolute atomic E-state index is 10.8. The van der Waals surface area contributed by atoms with Gasteiger partial charge in [-0.05, 0) is 30.5 Å². The Kier molecular flexibility index (Phi) is 8.11. The van der Waals surface area contributed by atoms with E-state index in [4.69, 9.17) is 15.2 Å². The van der Waals surface area contributed by atoms with Gasteiger partial charge in [-0.25, -0.2) is 0 Å². The zero-order valence-electron chi connectivity index (χ0n) is 17.5. The molecule has 0 aromatic heterocycles. The highest BCUT2D eigenvalue weighted by Gasteiger charge is 2.49. The van der Waals surface area contributed by atoms with E-state index >= 15 is 0 Å². The summed E-state index contributed by atoms with van der Waals surface area (Å²) in [7, 11) is 1.77. The lowest BCUT2D eigenvalue weighted by molar-refractivity contribution is -0.119. The van der Waals surface area contributed by atoms with Crippen molar-refractivity contribution in [2.75, 3.05) is 20.3 Å². The summed E-state index contributed by atoms with van der Waals surface area (Å²) in [4.78, 5) is 15.2. The number of hydrogen-bond donors (Lipinski definition) is 3. The van der Waals surface area contributed by atoms with Crippen LogP contribution in [-0.4, -0.2) is 44.3 Å². The number of primary amides is 1. The summed E-state index contributed by atoms with van der Waals surface area (Å²) in [6, 6.07) is 7.87. The summed E-state index contributed by atoms with van der Waals surface area (Å²) in [5, 5.41) is 6.84. The zero-order valence-corrected chi connectivity index (χ0v) is 17.5. The first-order chi connectivity index (χ1) is 13.4. The molecule has 1 fully saturated rings. The van der Waals surface area contributed by atoms with Crippen molar-refractivity contribution in [2.24, 2.45) is 16.1 Å². The molecular formula is C21H34N4O3. The standard InChI is InChI=1S/C21H34N4O3/c1-5-6-10-27-18-12-17(21(18,2)3)25-20(23-4)24-13-15-8-7-9-16(11-15)28-14-19(22)26/h7-9,11,17-18H,5-6,10,12-14H2,1-4H3,(H2,22,26)(H2,23,24,25). The lowest BCUT2D eigenvalue weighted by Gasteiger charge is -2.52. The van der Waals surface area contributed by atoms with Crippen molar-refractivity contribution in [1.82, 2.24) is 10.6 Å². The predicted molar refractivity (Wildman–Crippen MR) is 111 cm³/mol. The number of nitrogens with two attached hydrogens (primary N) is 1. The second-order valence-electron chi connectivity index (χ2n) is 7.80. The maximum atomic E-state index is 10.8. The molecule has 4 N–H and O–H groups in total. The summed E-state index contributed by atoms with van der Waals surface area (Å²) in [5.74, 6) is 0.884. The molecule has 1 amide bonds. The second kappa shape index (κ2) is 10.3. The fraction of sp³-hybridized carbons (Fsp3) is 0.619. The highest BCUT2D eigenvalue weighted by molar-refractivity contribution is 5.80. The van der Waals surface area contributed by atoms with Crippen LogP contribution in [0.15, 0.2) is 29.3 Å². The topological polar surface area (TPSA) is 98.0 Å². The van der Waals surface area contributed by atoms with Crippen molar-refractivity contribution in [2.45, 2.75) is 58.7 Å². The Morgan fingerprint density at radius 1 is 1.39 bits per heavy atom. The smallest absolute Gasteiger partial charge is 0.255 e. The molecule has 28 heavy (non-hydrogen) atoms. The van der Waals surface area contributed by atoms with Crippen LogP contribution in [0.5, 0.6) is 5.75 Å². The Morgan fingerprint density at radius 2 is 2.18 bits per heavy atom. The largest absolute Gasteiger partial charge is 0.484 e. The van der Waals surface area contributed by atoms with E-state index in [9.17, 15) is 4.79 Å². The molecule has 0 bridgehead atoms. The number of nitrogens with one attached hydrogen (secondary N) is 2. The van der Waals surface area contributed by atoms with E-state index < -0.39 is 5.91 Å². The maximum Gasteiger partial charge on any atom is 0.255 e. The Balaban J connectivity index is 1.82. The molecule has 1 aromatic carbocycles. The Labute approximate surface area is 168 Å². The van der Waals surface area contributed by atoms with Gasteiger partial charge in [-0.1, -0.05) is 39.3 Å². The molecule has 1 aromatic rings. The van der Waals surface area contributed by atoms with Crippen LogP contribution in [0.1, 0.15) is 45.6 Å². The van der Waals surface area contributed by atoms with Gasteiger partial charge in [0.05, 0.1) is 6.10 Å². The van der Waals surface area contributed by atoms with Gasteiger partial charge in [0.15, 0.2) is 12.6 Å². The number of unbranched alkanes of at least 4 members (excludes halogenated alkanes) is 1. The van der Waals surface area contributed by atoms with Crippen molar-refractivity contribution in [3.63, 3.8) is 0 Å². The molecule has 0 spiro atoms. The van der Waals surface area contributed by atoms with Gasteiger partial charge in [0.1, 0.15) is 5.75 Å². The molecule has 0 aliphatic heterocycles. The summed E-state index contributed by atoms with van der Waals surface area (Å²) in [5.41, 5.74) is 6.21. The van der Waals surface area contributed by atoms with Crippen molar-refractivity contribution in [3.05, 3.63) is 29.8 Å². The Bertz CT molecular complexity index is 675.